The second kappa shape index (κ2) is 9.24. The molecule has 2 atom stereocenters. The minimum Gasteiger partial charge on any atom is -0.0840 e. The van der Waals surface area contributed by atoms with Crippen LogP contribution in [0.3, 0.4) is 0 Å². The summed E-state index contributed by atoms with van der Waals surface area (Å²) in [6, 6.07) is 15.3. The minimum atomic E-state index is 0.549. The topological polar surface area (TPSA) is 0 Å². The quantitative estimate of drug-likeness (QED) is 0.464. The average Bonchev–Trinajstić information content (AvgIpc) is 3.04. The van der Waals surface area contributed by atoms with Crippen LogP contribution in [0, 0.1) is 5.41 Å². The Morgan fingerprint density at radius 3 is 2.40 bits per heavy atom. The van der Waals surface area contributed by atoms with Crippen molar-refractivity contribution < 1.29 is 0 Å². The largest absolute Gasteiger partial charge is 0.0840 e. The van der Waals surface area contributed by atoms with Crippen LogP contribution in [0.2, 0.25) is 5.02 Å². The smallest absolute Gasteiger partial charge is 0.0442 e. The molecule has 0 spiro atoms. The number of hydrogen-bond donors (Lipinski definition) is 0. The van der Waals surface area contributed by atoms with Gasteiger partial charge in [0.15, 0.2) is 0 Å². The standard InChI is InChI=1S/C21H24BrCl.C2H6/c1-3-21(2)11-10-17(14-21)16-6-4-15(5-7-16)12-18-13-19(22)8-9-20(18)23;1-2/h4-9,13,17H,3,10-12,14H2,1-2H3;1-2H3. The lowest BCUT2D eigenvalue weighted by Crippen LogP contribution is -2.09. The fraction of sp³-hybridized carbons (Fsp3) is 0.478. The lowest BCUT2D eigenvalue weighted by molar-refractivity contribution is 0.319. The lowest BCUT2D eigenvalue weighted by Gasteiger charge is -2.21. The van der Waals surface area contributed by atoms with E-state index in [0.717, 1.165) is 21.8 Å². The number of rotatable bonds is 4. The third-order valence-electron chi connectivity index (χ3n) is 5.54. The van der Waals surface area contributed by atoms with Crippen molar-refractivity contribution in [2.75, 3.05) is 0 Å². The van der Waals surface area contributed by atoms with E-state index in [1.165, 1.54) is 42.4 Å². The molecular weight excluding hydrogens is 392 g/mol. The lowest BCUT2D eigenvalue weighted by atomic mass is 9.84. The maximum Gasteiger partial charge on any atom is 0.0442 e. The Morgan fingerprint density at radius 2 is 1.80 bits per heavy atom. The van der Waals surface area contributed by atoms with Gasteiger partial charge in [-0.1, -0.05) is 85.9 Å². The van der Waals surface area contributed by atoms with Crippen LogP contribution in [0.1, 0.15) is 76.0 Å². The van der Waals surface area contributed by atoms with Crippen LogP contribution in [-0.2, 0) is 6.42 Å². The highest BCUT2D eigenvalue weighted by atomic mass is 79.9. The van der Waals surface area contributed by atoms with Gasteiger partial charge in [-0.2, -0.15) is 0 Å². The monoisotopic (exact) mass is 420 g/mol. The molecule has 1 aliphatic rings. The molecule has 2 unspecified atom stereocenters. The molecule has 136 valence electrons. The Kier molecular flexibility index (Phi) is 7.58. The van der Waals surface area contributed by atoms with Gasteiger partial charge in [-0.25, -0.2) is 0 Å². The zero-order chi connectivity index (χ0) is 18.4. The molecule has 1 aliphatic carbocycles. The summed E-state index contributed by atoms with van der Waals surface area (Å²) < 4.78 is 1.08. The van der Waals surface area contributed by atoms with Crippen molar-refractivity contribution in [3.8, 4) is 0 Å². The molecule has 0 nitrogen and oxygen atoms in total. The predicted molar refractivity (Wildman–Crippen MR) is 115 cm³/mol. The molecule has 0 heterocycles. The molecule has 1 fully saturated rings. The molecule has 0 amide bonds. The Labute approximate surface area is 167 Å². The SMILES string of the molecule is CC.CCC1(C)CCC(c2ccc(Cc3cc(Br)ccc3Cl)cc2)C1. The zero-order valence-electron chi connectivity index (χ0n) is 15.9. The maximum absolute atomic E-state index is 6.31. The third-order valence-corrected chi connectivity index (χ3v) is 6.40. The van der Waals surface area contributed by atoms with E-state index in [4.69, 9.17) is 11.6 Å². The van der Waals surface area contributed by atoms with E-state index in [-0.39, 0.29) is 0 Å². The van der Waals surface area contributed by atoms with Gasteiger partial charge < -0.3 is 0 Å². The molecule has 2 aromatic rings. The second-order valence-corrected chi connectivity index (χ2v) is 8.58. The molecule has 2 aromatic carbocycles. The number of hydrogen-bond acceptors (Lipinski definition) is 0. The highest BCUT2D eigenvalue weighted by Crippen LogP contribution is 2.48. The van der Waals surface area contributed by atoms with Gasteiger partial charge in [-0.3, -0.25) is 0 Å². The van der Waals surface area contributed by atoms with Crippen molar-refractivity contribution in [2.45, 2.75) is 65.7 Å². The molecular formula is C23H30BrCl. The summed E-state index contributed by atoms with van der Waals surface area (Å²) in [6.07, 6.45) is 6.21. The average molecular weight is 422 g/mol. The van der Waals surface area contributed by atoms with Crippen LogP contribution < -0.4 is 0 Å². The maximum atomic E-state index is 6.31. The Bertz CT molecular complexity index is 677. The molecule has 0 saturated heterocycles. The highest BCUT2D eigenvalue weighted by molar-refractivity contribution is 9.10. The van der Waals surface area contributed by atoms with E-state index in [9.17, 15) is 0 Å². The van der Waals surface area contributed by atoms with Crippen LogP contribution >= 0.6 is 27.5 Å². The zero-order valence-corrected chi connectivity index (χ0v) is 18.3. The third kappa shape index (κ3) is 5.34. The van der Waals surface area contributed by atoms with E-state index >= 15 is 0 Å². The van der Waals surface area contributed by atoms with Crippen molar-refractivity contribution in [1.82, 2.24) is 0 Å². The van der Waals surface area contributed by atoms with Gasteiger partial charge in [0.25, 0.3) is 0 Å². The van der Waals surface area contributed by atoms with Gasteiger partial charge in [0.2, 0.25) is 0 Å². The number of halogens is 2. The fourth-order valence-corrected chi connectivity index (χ4v) is 4.33. The first-order valence-corrected chi connectivity index (χ1v) is 10.7. The normalized spacial score (nSPS) is 22.4. The van der Waals surface area contributed by atoms with Crippen molar-refractivity contribution in [3.63, 3.8) is 0 Å². The first kappa shape index (κ1) is 20.5. The Morgan fingerprint density at radius 1 is 1.12 bits per heavy atom. The predicted octanol–water partition coefficient (Wildman–Crippen LogP) is 8.40. The first-order valence-electron chi connectivity index (χ1n) is 9.52. The van der Waals surface area contributed by atoms with E-state index in [1.54, 1.807) is 0 Å². The summed E-state index contributed by atoms with van der Waals surface area (Å²) in [5, 5.41) is 0.840. The molecule has 0 aliphatic heterocycles. The molecule has 1 saturated carbocycles. The molecule has 25 heavy (non-hydrogen) atoms. The Balaban J connectivity index is 0.00000109. The van der Waals surface area contributed by atoms with E-state index in [0.29, 0.717) is 5.41 Å². The van der Waals surface area contributed by atoms with Crippen molar-refractivity contribution in [1.29, 1.82) is 0 Å². The van der Waals surface area contributed by atoms with Crippen molar-refractivity contribution >= 4 is 27.5 Å². The summed E-state index contributed by atoms with van der Waals surface area (Å²) in [5.74, 6) is 0.739. The van der Waals surface area contributed by atoms with Gasteiger partial charge in [0.05, 0.1) is 0 Å². The van der Waals surface area contributed by atoms with E-state index in [2.05, 4.69) is 60.1 Å². The molecule has 0 bridgehead atoms. The minimum absolute atomic E-state index is 0.549. The van der Waals surface area contributed by atoms with Crippen molar-refractivity contribution in [2.24, 2.45) is 5.41 Å². The van der Waals surface area contributed by atoms with E-state index in [1.807, 2.05) is 26.0 Å². The van der Waals surface area contributed by atoms with Gasteiger partial charge in [0, 0.05) is 9.50 Å². The fourth-order valence-electron chi connectivity index (χ4n) is 3.73. The summed E-state index contributed by atoms with van der Waals surface area (Å²) in [4.78, 5) is 0. The van der Waals surface area contributed by atoms with Crippen LogP contribution in [0.4, 0.5) is 0 Å². The van der Waals surface area contributed by atoms with Crippen molar-refractivity contribution in [3.05, 3.63) is 68.7 Å². The summed E-state index contributed by atoms with van der Waals surface area (Å²) >= 11 is 9.83. The molecule has 2 heteroatoms. The van der Waals surface area contributed by atoms with Crippen LogP contribution in [0.25, 0.3) is 0 Å². The molecule has 0 N–H and O–H groups in total. The second-order valence-electron chi connectivity index (χ2n) is 7.26. The Hall–Kier alpha value is -0.790. The van der Waals surface area contributed by atoms with E-state index < -0.39 is 0 Å². The van der Waals surface area contributed by atoms with Gasteiger partial charge >= 0.3 is 0 Å². The van der Waals surface area contributed by atoms with Gasteiger partial charge in [-0.05, 0) is 71.9 Å². The van der Waals surface area contributed by atoms with Gasteiger partial charge in [0.1, 0.15) is 0 Å². The summed E-state index contributed by atoms with van der Waals surface area (Å²) in [6.45, 7) is 8.77. The summed E-state index contributed by atoms with van der Waals surface area (Å²) in [5.41, 5.74) is 4.55. The first-order chi connectivity index (χ1) is 12.0. The van der Waals surface area contributed by atoms with Crippen LogP contribution in [0.5, 0.6) is 0 Å². The molecule has 0 radical (unpaired) electrons. The number of benzene rings is 2. The highest BCUT2D eigenvalue weighted by Gasteiger charge is 2.33. The van der Waals surface area contributed by atoms with Crippen LogP contribution in [-0.4, -0.2) is 0 Å². The summed E-state index contributed by atoms with van der Waals surface area (Å²) in [7, 11) is 0. The molecule has 3 rings (SSSR count). The van der Waals surface area contributed by atoms with Gasteiger partial charge in [-0.15, -0.1) is 0 Å². The molecule has 0 aromatic heterocycles. The van der Waals surface area contributed by atoms with Crippen LogP contribution in [0.15, 0.2) is 46.9 Å².